The van der Waals surface area contributed by atoms with Gasteiger partial charge < -0.3 is 16.4 Å². The summed E-state index contributed by atoms with van der Waals surface area (Å²) < 4.78 is 0. The standard InChI is InChI=1S/C14H19N3O2.ClH/c15-12(10-4-2-1-3-5-10)8-13(18)16-9-14(19)17-11-6-7-11;/h1-5,11-12H,6-9,15H2,(H,16,18)(H,17,19);1H. The summed E-state index contributed by atoms with van der Waals surface area (Å²) in [6.45, 7) is 0.0246. The van der Waals surface area contributed by atoms with Gasteiger partial charge in [-0.25, -0.2) is 0 Å². The van der Waals surface area contributed by atoms with Gasteiger partial charge in [0.1, 0.15) is 0 Å². The molecule has 1 aliphatic rings. The van der Waals surface area contributed by atoms with E-state index in [1.807, 2.05) is 30.3 Å². The molecule has 5 nitrogen and oxygen atoms in total. The van der Waals surface area contributed by atoms with E-state index in [9.17, 15) is 9.59 Å². The molecule has 1 aliphatic carbocycles. The van der Waals surface area contributed by atoms with Gasteiger partial charge in [0.15, 0.2) is 0 Å². The summed E-state index contributed by atoms with van der Waals surface area (Å²) in [7, 11) is 0. The van der Waals surface area contributed by atoms with Crippen LogP contribution in [0.2, 0.25) is 0 Å². The SMILES string of the molecule is Cl.NC(CC(=O)NCC(=O)NC1CC1)c1ccccc1. The fourth-order valence-electron chi connectivity index (χ4n) is 1.78. The van der Waals surface area contributed by atoms with Crippen molar-refractivity contribution in [1.82, 2.24) is 10.6 Å². The summed E-state index contributed by atoms with van der Waals surface area (Å²) in [5, 5.41) is 5.39. The number of nitrogens with one attached hydrogen (secondary N) is 2. The van der Waals surface area contributed by atoms with Crippen molar-refractivity contribution in [1.29, 1.82) is 0 Å². The van der Waals surface area contributed by atoms with Crippen LogP contribution >= 0.6 is 12.4 Å². The van der Waals surface area contributed by atoms with E-state index in [0.717, 1.165) is 18.4 Å². The number of hydrogen-bond acceptors (Lipinski definition) is 3. The number of benzene rings is 1. The van der Waals surface area contributed by atoms with Gasteiger partial charge >= 0.3 is 0 Å². The lowest BCUT2D eigenvalue weighted by atomic mass is 10.0. The molecule has 2 rings (SSSR count). The number of amides is 2. The predicted octanol–water partition coefficient (Wildman–Crippen LogP) is 0.893. The number of carbonyl (C=O) groups is 2. The van der Waals surface area contributed by atoms with E-state index in [0.29, 0.717) is 6.04 Å². The molecule has 4 N–H and O–H groups in total. The Labute approximate surface area is 124 Å². The van der Waals surface area contributed by atoms with Crippen molar-refractivity contribution in [2.24, 2.45) is 5.73 Å². The summed E-state index contributed by atoms with van der Waals surface area (Å²) in [5.41, 5.74) is 6.85. The van der Waals surface area contributed by atoms with Crippen molar-refractivity contribution >= 4 is 24.2 Å². The lowest BCUT2D eigenvalue weighted by Crippen LogP contribution is -2.38. The largest absolute Gasteiger partial charge is 0.352 e. The number of nitrogens with two attached hydrogens (primary N) is 1. The van der Waals surface area contributed by atoms with Crippen molar-refractivity contribution in [3.63, 3.8) is 0 Å². The Kier molecular flexibility index (Phi) is 6.48. The maximum absolute atomic E-state index is 11.7. The Hall–Kier alpha value is -1.59. The van der Waals surface area contributed by atoms with E-state index in [4.69, 9.17) is 5.73 Å². The van der Waals surface area contributed by atoms with Gasteiger partial charge in [-0.2, -0.15) is 0 Å². The molecule has 1 fully saturated rings. The van der Waals surface area contributed by atoms with Gasteiger partial charge in [0.05, 0.1) is 6.54 Å². The van der Waals surface area contributed by atoms with Crippen LogP contribution in [0.1, 0.15) is 30.9 Å². The molecule has 0 aromatic heterocycles. The summed E-state index contributed by atoms with van der Waals surface area (Å²) in [6.07, 6.45) is 2.26. The molecule has 1 aromatic carbocycles. The average Bonchev–Trinajstić information content (AvgIpc) is 3.21. The van der Waals surface area contributed by atoms with Crippen molar-refractivity contribution < 1.29 is 9.59 Å². The monoisotopic (exact) mass is 297 g/mol. The number of carbonyl (C=O) groups excluding carboxylic acids is 2. The smallest absolute Gasteiger partial charge is 0.239 e. The molecule has 1 atom stereocenters. The van der Waals surface area contributed by atoms with Crippen LogP contribution in [0.25, 0.3) is 0 Å². The van der Waals surface area contributed by atoms with Crippen LogP contribution in [-0.2, 0) is 9.59 Å². The molecule has 0 spiro atoms. The summed E-state index contributed by atoms with van der Waals surface area (Å²) in [5.74, 6) is -0.341. The lowest BCUT2D eigenvalue weighted by Gasteiger charge is -2.12. The van der Waals surface area contributed by atoms with E-state index < -0.39 is 0 Å². The zero-order valence-corrected chi connectivity index (χ0v) is 12.0. The molecule has 0 aliphatic heterocycles. The van der Waals surface area contributed by atoms with Crippen LogP contribution < -0.4 is 16.4 Å². The lowest BCUT2D eigenvalue weighted by molar-refractivity contribution is -0.126. The third kappa shape index (κ3) is 5.59. The number of halogens is 1. The molecular formula is C14H20ClN3O2. The molecule has 0 bridgehead atoms. The zero-order valence-electron chi connectivity index (χ0n) is 11.2. The van der Waals surface area contributed by atoms with Gasteiger partial charge in [0.25, 0.3) is 0 Å². The van der Waals surface area contributed by atoms with E-state index in [1.54, 1.807) is 0 Å². The highest BCUT2D eigenvalue weighted by molar-refractivity contribution is 5.85. The topological polar surface area (TPSA) is 84.2 Å². The molecule has 1 unspecified atom stereocenters. The second kappa shape index (κ2) is 7.87. The van der Waals surface area contributed by atoms with Gasteiger partial charge in [0.2, 0.25) is 11.8 Å². The molecule has 0 saturated heterocycles. The number of hydrogen-bond donors (Lipinski definition) is 3. The van der Waals surface area contributed by atoms with Crippen LogP contribution in [0.15, 0.2) is 30.3 Å². The predicted molar refractivity (Wildman–Crippen MR) is 79.4 cm³/mol. The molecular weight excluding hydrogens is 278 g/mol. The van der Waals surface area contributed by atoms with Gasteiger partial charge in [-0.05, 0) is 18.4 Å². The highest BCUT2D eigenvalue weighted by Crippen LogP contribution is 2.18. The van der Waals surface area contributed by atoms with E-state index in [-0.39, 0.29) is 43.2 Å². The first kappa shape index (κ1) is 16.5. The summed E-state index contributed by atoms with van der Waals surface area (Å²) >= 11 is 0. The van der Waals surface area contributed by atoms with Crippen LogP contribution in [0.4, 0.5) is 0 Å². The molecule has 0 radical (unpaired) electrons. The van der Waals surface area contributed by atoms with Gasteiger partial charge in [-0.3, -0.25) is 9.59 Å². The number of rotatable bonds is 6. The molecule has 1 aromatic rings. The molecule has 6 heteroatoms. The normalized spacial score (nSPS) is 14.8. The average molecular weight is 298 g/mol. The first-order valence-corrected chi connectivity index (χ1v) is 6.52. The van der Waals surface area contributed by atoms with Crippen LogP contribution in [0.3, 0.4) is 0 Å². The summed E-state index contributed by atoms with van der Waals surface area (Å²) in [6, 6.07) is 9.42. The van der Waals surface area contributed by atoms with Crippen molar-refractivity contribution in [3.05, 3.63) is 35.9 Å². The van der Waals surface area contributed by atoms with Crippen molar-refractivity contribution in [3.8, 4) is 0 Å². The third-order valence-electron chi connectivity index (χ3n) is 3.02. The minimum atomic E-state index is -0.340. The van der Waals surface area contributed by atoms with Gasteiger partial charge in [-0.15, -0.1) is 12.4 Å². The Morgan fingerprint density at radius 2 is 1.85 bits per heavy atom. The molecule has 1 saturated carbocycles. The van der Waals surface area contributed by atoms with Gasteiger partial charge in [-0.1, -0.05) is 30.3 Å². The van der Waals surface area contributed by atoms with Crippen molar-refractivity contribution in [2.75, 3.05) is 6.54 Å². The highest BCUT2D eigenvalue weighted by atomic mass is 35.5. The molecule has 20 heavy (non-hydrogen) atoms. The summed E-state index contributed by atoms with van der Waals surface area (Å²) in [4.78, 5) is 23.1. The Morgan fingerprint density at radius 3 is 2.45 bits per heavy atom. The third-order valence-corrected chi connectivity index (χ3v) is 3.02. The Bertz CT molecular complexity index is 449. The Balaban J connectivity index is 0.00000200. The minimum absolute atomic E-state index is 0. The second-order valence-corrected chi connectivity index (χ2v) is 4.84. The molecule has 2 amide bonds. The van der Waals surface area contributed by atoms with Gasteiger partial charge in [0, 0.05) is 18.5 Å². The first-order valence-electron chi connectivity index (χ1n) is 6.52. The minimum Gasteiger partial charge on any atom is -0.352 e. The fourth-order valence-corrected chi connectivity index (χ4v) is 1.78. The van der Waals surface area contributed by atoms with Crippen LogP contribution in [-0.4, -0.2) is 24.4 Å². The fraction of sp³-hybridized carbons (Fsp3) is 0.429. The maximum Gasteiger partial charge on any atom is 0.239 e. The van der Waals surface area contributed by atoms with E-state index in [2.05, 4.69) is 10.6 Å². The zero-order chi connectivity index (χ0) is 13.7. The molecule has 0 heterocycles. The van der Waals surface area contributed by atoms with Crippen LogP contribution in [0.5, 0.6) is 0 Å². The quantitative estimate of drug-likeness (QED) is 0.729. The van der Waals surface area contributed by atoms with Crippen LogP contribution in [0, 0.1) is 0 Å². The highest BCUT2D eigenvalue weighted by Gasteiger charge is 2.23. The Morgan fingerprint density at radius 1 is 1.20 bits per heavy atom. The van der Waals surface area contributed by atoms with E-state index in [1.165, 1.54) is 0 Å². The van der Waals surface area contributed by atoms with E-state index >= 15 is 0 Å². The second-order valence-electron chi connectivity index (χ2n) is 4.84. The first-order chi connectivity index (χ1) is 9.15. The maximum atomic E-state index is 11.7. The van der Waals surface area contributed by atoms with Crippen molar-refractivity contribution in [2.45, 2.75) is 31.3 Å². The molecule has 110 valence electrons.